The van der Waals surface area contributed by atoms with E-state index in [0.29, 0.717) is 19.0 Å². The highest BCUT2D eigenvalue weighted by atomic mass is 32.2. The lowest BCUT2D eigenvalue weighted by Crippen LogP contribution is -2.48. The average molecular weight is 233 g/mol. The molecule has 1 saturated carbocycles. The lowest BCUT2D eigenvalue weighted by Gasteiger charge is -2.25. The van der Waals surface area contributed by atoms with Crippen molar-refractivity contribution >= 4 is 10.2 Å². The number of hydrogen-bond acceptors (Lipinski definition) is 3. The molecule has 6 heteroatoms. The van der Waals surface area contributed by atoms with Gasteiger partial charge in [0.15, 0.2) is 0 Å². The van der Waals surface area contributed by atoms with Crippen LogP contribution in [0.25, 0.3) is 0 Å². The predicted octanol–water partition coefficient (Wildman–Crippen LogP) is -0.348. The highest BCUT2D eigenvalue weighted by Gasteiger charge is 2.40. The Bertz CT molecular complexity index is 326. The van der Waals surface area contributed by atoms with E-state index in [1.165, 1.54) is 4.31 Å². The molecule has 1 aliphatic carbocycles. The summed E-state index contributed by atoms with van der Waals surface area (Å²) < 4.78 is 28.2. The lowest BCUT2D eigenvalue weighted by atomic mass is 10.0. The largest absolute Gasteiger partial charge is 0.329 e. The minimum Gasteiger partial charge on any atom is -0.329 e. The Morgan fingerprint density at radius 1 is 1.40 bits per heavy atom. The van der Waals surface area contributed by atoms with Crippen LogP contribution in [-0.4, -0.2) is 37.9 Å². The van der Waals surface area contributed by atoms with Gasteiger partial charge >= 0.3 is 0 Å². The number of hydrogen-bond donors (Lipinski definition) is 2. The molecule has 0 aromatic heterocycles. The van der Waals surface area contributed by atoms with Crippen LogP contribution in [0.1, 0.15) is 26.2 Å². The van der Waals surface area contributed by atoms with E-state index in [9.17, 15) is 8.42 Å². The SMILES string of the molecule is CC1CCN(S(=O)(=O)NC2CC2)C1CN. The van der Waals surface area contributed by atoms with Gasteiger partial charge in [0.1, 0.15) is 0 Å². The Morgan fingerprint density at radius 3 is 2.60 bits per heavy atom. The summed E-state index contributed by atoms with van der Waals surface area (Å²) in [5.41, 5.74) is 5.62. The van der Waals surface area contributed by atoms with Gasteiger partial charge in [0.2, 0.25) is 0 Å². The van der Waals surface area contributed by atoms with Crippen LogP contribution < -0.4 is 10.5 Å². The van der Waals surface area contributed by atoms with Crippen molar-refractivity contribution in [3.8, 4) is 0 Å². The molecule has 0 aromatic rings. The summed E-state index contributed by atoms with van der Waals surface area (Å²) in [5, 5.41) is 0. The molecule has 0 aromatic carbocycles. The molecule has 1 heterocycles. The van der Waals surface area contributed by atoms with E-state index < -0.39 is 10.2 Å². The van der Waals surface area contributed by atoms with Gasteiger partial charge in [-0.3, -0.25) is 0 Å². The molecule has 0 bridgehead atoms. The normalized spacial score (nSPS) is 33.5. The fraction of sp³-hybridized carbons (Fsp3) is 1.00. The van der Waals surface area contributed by atoms with Crippen LogP contribution in [0.15, 0.2) is 0 Å². The standard InChI is InChI=1S/C9H19N3O2S/c1-7-4-5-12(9(7)6-10)15(13,14)11-8-2-3-8/h7-9,11H,2-6,10H2,1H3. The first-order valence-corrected chi connectivity index (χ1v) is 6.98. The van der Waals surface area contributed by atoms with Crippen LogP contribution >= 0.6 is 0 Å². The maximum atomic E-state index is 12.0. The van der Waals surface area contributed by atoms with E-state index in [1.54, 1.807) is 0 Å². The Morgan fingerprint density at radius 2 is 2.07 bits per heavy atom. The van der Waals surface area contributed by atoms with E-state index in [-0.39, 0.29) is 12.1 Å². The molecule has 1 aliphatic heterocycles. The monoisotopic (exact) mass is 233 g/mol. The predicted molar refractivity (Wildman–Crippen MR) is 58.4 cm³/mol. The minimum absolute atomic E-state index is 0.0266. The van der Waals surface area contributed by atoms with Crippen molar-refractivity contribution in [1.29, 1.82) is 0 Å². The summed E-state index contributed by atoms with van der Waals surface area (Å²) in [6.45, 7) is 3.07. The van der Waals surface area contributed by atoms with Gasteiger partial charge in [-0.15, -0.1) is 0 Å². The van der Waals surface area contributed by atoms with Gasteiger partial charge in [-0.2, -0.15) is 17.4 Å². The van der Waals surface area contributed by atoms with Crippen molar-refractivity contribution < 1.29 is 8.42 Å². The second kappa shape index (κ2) is 4.01. The molecule has 2 aliphatic rings. The summed E-state index contributed by atoms with van der Waals surface area (Å²) in [4.78, 5) is 0. The van der Waals surface area contributed by atoms with Crippen molar-refractivity contribution in [3.63, 3.8) is 0 Å². The number of nitrogens with two attached hydrogens (primary N) is 1. The Labute approximate surface area is 91.2 Å². The Balaban J connectivity index is 2.07. The van der Waals surface area contributed by atoms with Crippen molar-refractivity contribution in [3.05, 3.63) is 0 Å². The highest BCUT2D eigenvalue weighted by molar-refractivity contribution is 7.87. The van der Waals surface area contributed by atoms with Crippen molar-refractivity contribution in [2.75, 3.05) is 13.1 Å². The van der Waals surface area contributed by atoms with Gasteiger partial charge in [-0.25, -0.2) is 0 Å². The first kappa shape index (κ1) is 11.3. The maximum absolute atomic E-state index is 12.0. The van der Waals surface area contributed by atoms with Crippen LogP contribution in [0.3, 0.4) is 0 Å². The molecule has 2 fully saturated rings. The fourth-order valence-corrected chi connectivity index (χ4v) is 3.89. The molecular formula is C9H19N3O2S. The van der Waals surface area contributed by atoms with E-state index in [0.717, 1.165) is 19.3 Å². The smallest absolute Gasteiger partial charge is 0.280 e. The number of nitrogens with one attached hydrogen (secondary N) is 1. The first-order valence-electron chi connectivity index (χ1n) is 5.54. The Kier molecular flexibility index (Phi) is 3.03. The Hall–Kier alpha value is -0.170. The molecule has 2 unspecified atom stereocenters. The molecule has 3 N–H and O–H groups in total. The third kappa shape index (κ3) is 2.33. The van der Waals surface area contributed by atoms with Crippen LogP contribution in [-0.2, 0) is 10.2 Å². The second-order valence-corrected chi connectivity index (χ2v) is 6.23. The van der Waals surface area contributed by atoms with Crippen molar-refractivity contribution in [1.82, 2.24) is 9.03 Å². The van der Waals surface area contributed by atoms with Crippen LogP contribution in [0.4, 0.5) is 0 Å². The van der Waals surface area contributed by atoms with E-state index >= 15 is 0 Å². The molecule has 0 spiro atoms. The molecule has 5 nitrogen and oxygen atoms in total. The van der Waals surface area contributed by atoms with E-state index in [4.69, 9.17) is 5.73 Å². The molecule has 1 saturated heterocycles. The summed E-state index contributed by atoms with van der Waals surface area (Å²) >= 11 is 0. The molecule has 2 rings (SSSR count). The van der Waals surface area contributed by atoms with E-state index in [2.05, 4.69) is 11.6 Å². The topological polar surface area (TPSA) is 75.4 Å². The van der Waals surface area contributed by atoms with Gasteiger partial charge in [0.05, 0.1) is 0 Å². The molecule has 88 valence electrons. The van der Waals surface area contributed by atoms with Gasteiger partial charge in [-0.05, 0) is 25.2 Å². The number of nitrogens with zero attached hydrogens (tertiary/aromatic N) is 1. The van der Waals surface area contributed by atoms with Crippen molar-refractivity contribution in [2.45, 2.75) is 38.3 Å². The van der Waals surface area contributed by atoms with E-state index in [1.807, 2.05) is 0 Å². The average Bonchev–Trinajstić information content (AvgIpc) is 2.85. The second-order valence-electron chi connectivity index (χ2n) is 4.58. The molecule has 2 atom stereocenters. The van der Waals surface area contributed by atoms with Gasteiger partial charge < -0.3 is 5.73 Å². The summed E-state index contributed by atoms with van der Waals surface area (Å²) in [6.07, 6.45) is 2.85. The fourth-order valence-electron chi connectivity index (χ4n) is 2.10. The zero-order valence-corrected chi connectivity index (χ0v) is 9.83. The van der Waals surface area contributed by atoms with Gasteiger partial charge in [-0.1, -0.05) is 6.92 Å². The van der Waals surface area contributed by atoms with Gasteiger partial charge in [0.25, 0.3) is 10.2 Å². The molecular weight excluding hydrogens is 214 g/mol. The van der Waals surface area contributed by atoms with Crippen LogP contribution in [0, 0.1) is 5.92 Å². The van der Waals surface area contributed by atoms with Crippen LogP contribution in [0.2, 0.25) is 0 Å². The van der Waals surface area contributed by atoms with Gasteiger partial charge in [0, 0.05) is 25.2 Å². The minimum atomic E-state index is -3.29. The van der Waals surface area contributed by atoms with Crippen molar-refractivity contribution in [2.24, 2.45) is 11.7 Å². The third-order valence-corrected chi connectivity index (χ3v) is 4.98. The quantitative estimate of drug-likeness (QED) is 0.697. The third-order valence-electron chi connectivity index (χ3n) is 3.27. The summed E-state index contributed by atoms with van der Waals surface area (Å²) in [6, 6.07) is 0.144. The molecule has 15 heavy (non-hydrogen) atoms. The highest BCUT2D eigenvalue weighted by Crippen LogP contribution is 2.27. The molecule has 0 radical (unpaired) electrons. The first-order chi connectivity index (χ1) is 7.04. The lowest BCUT2D eigenvalue weighted by molar-refractivity contribution is 0.349. The maximum Gasteiger partial charge on any atom is 0.280 e. The number of rotatable bonds is 4. The molecule has 0 amide bonds. The zero-order valence-electron chi connectivity index (χ0n) is 9.02. The summed E-state index contributed by atoms with van der Waals surface area (Å²) in [7, 11) is -3.29. The zero-order chi connectivity index (χ0) is 11.1. The van der Waals surface area contributed by atoms with Crippen LogP contribution in [0.5, 0.6) is 0 Å². The summed E-state index contributed by atoms with van der Waals surface area (Å²) in [5.74, 6) is 0.366.